The van der Waals surface area contributed by atoms with Gasteiger partial charge in [0, 0.05) is 13.7 Å². The molecule has 0 spiro atoms. The number of nitrogens with one attached hydrogen (secondary N) is 1. The molecule has 70 valence electrons. The SMILES string of the molecule is COCCNCC1C2CCCC21. The zero-order valence-electron chi connectivity index (χ0n) is 7.88. The van der Waals surface area contributed by atoms with Gasteiger partial charge >= 0.3 is 0 Å². The molecule has 2 unspecified atom stereocenters. The Labute approximate surface area is 74.7 Å². The van der Waals surface area contributed by atoms with Crippen molar-refractivity contribution in [1.29, 1.82) is 0 Å². The van der Waals surface area contributed by atoms with Gasteiger partial charge in [0.25, 0.3) is 0 Å². The average molecular weight is 169 g/mol. The minimum atomic E-state index is 0.849. The lowest BCUT2D eigenvalue weighted by Gasteiger charge is -2.04. The average Bonchev–Trinajstić information content (AvgIpc) is 2.57. The molecular formula is C10H19NO. The molecule has 1 N–H and O–H groups in total. The highest BCUT2D eigenvalue weighted by atomic mass is 16.5. The summed E-state index contributed by atoms with van der Waals surface area (Å²) in [5.41, 5.74) is 0. The number of hydrogen-bond donors (Lipinski definition) is 1. The third kappa shape index (κ3) is 1.64. The summed E-state index contributed by atoms with van der Waals surface area (Å²) in [6.45, 7) is 3.10. The van der Waals surface area contributed by atoms with E-state index < -0.39 is 0 Å². The zero-order valence-corrected chi connectivity index (χ0v) is 7.88. The van der Waals surface area contributed by atoms with Crippen molar-refractivity contribution >= 4 is 0 Å². The summed E-state index contributed by atoms with van der Waals surface area (Å²) in [7, 11) is 1.76. The Bertz CT molecular complexity index is 139. The molecule has 0 aliphatic heterocycles. The summed E-state index contributed by atoms with van der Waals surface area (Å²) in [5, 5.41) is 3.45. The first kappa shape index (κ1) is 8.52. The van der Waals surface area contributed by atoms with E-state index in [1.807, 2.05) is 0 Å². The van der Waals surface area contributed by atoms with E-state index in [2.05, 4.69) is 5.32 Å². The van der Waals surface area contributed by atoms with Crippen molar-refractivity contribution in [3.8, 4) is 0 Å². The number of fused-ring (bicyclic) bond motifs is 1. The summed E-state index contributed by atoms with van der Waals surface area (Å²) >= 11 is 0. The third-order valence-corrected chi connectivity index (χ3v) is 3.45. The van der Waals surface area contributed by atoms with Crippen LogP contribution in [-0.2, 0) is 4.74 Å². The van der Waals surface area contributed by atoms with Crippen LogP contribution >= 0.6 is 0 Å². The van der Waals surface area contributed by atoms with Crippen LogP contribution in [-0.4, -0.2) is 26.8 Å². The molecule has 12 heavy (non-hydrogen) atoms. The fourth-order valence-electron chi connectivity index (χ4n) is 2.72. The van der Waals surface area contributed by atoms with Crippen molar-refractivity contribution in [2.24, 2.45) is 17.8 Å². The maximum atomic E-state index is 4.98. The fraction of sp³-hybridized carbons (Fsp3) is 1.00. The van der Waals surface area contributed by atoms with Crippen molar-refractivity contribution in [2.45, 2.75) is 19.3 Å². The van der Waals surface area contributed by atoms with Crippen LogP contribution in [0.5, 0.6) is 0 Å². The molecule has 0 radical (unpaired) electrons. The summed E-state index contributed by atoms with van der Waals surface area (Å²) in [6, 6.07) is 0. The standard InChI is InChI=1S/C10H19NO/c1-12-6-5-11-7-10-8-3-2-4-9(8)10/h8-11H,2-7H2,1H3. The predicted molar refractivity (Wildman–Crippen MR) is 49.1 cm³/mol. The molecule has 2 atom stereocenters. The highest BCUT2D eigenvalue weighted by Gasteiger charge is 2.51. The van der Waals surface area contributed by atoms with Gasteiger partial charge in [-0.15, -0.1) is 0 Å². The van der Waals surface area contributed by atoms with Gasteiger partial charge in [0.1, 0.15) is 0 Å². The number of rotatable bonds is 5. The van der Waals surface area contributed by atoms with Gasteiger partial charge in [-0.1, -0.05) is 6.42 Å². The van der Waals surface area contributed by atoms with Crippen LogP contribution in [0.15, 0.2) is 0 Å². The molecule has 2 rings (SSSR count). The lowest BCUT2D eigenvalue weighted by molar-refractivity contribution is 0.198. The first-order chi connectivity index (χ1) is 5.93. The maximum Gasteiger partial charge on any atom is 0.0587 e. The number of hydrogen-bond acceptors (Lipinski definition) is 2. The fourth-order valence-corrected chi connectivity index (χ4v) is 2.72. The normalized spacial score (nSPS) is 38.2. The lowest BCUT2D eigenvalue weighted by Crippen LogP contribution is -2.22. The van der Waals surface area contributed by atoms with Crippen LogP contribution < -0.4 is 5.32 Å². The van der Waals surface area contributed by atoms with E-state index in [4.69, 9.17) is 4.74 Å². The van der Waals surface area contributed by atoms with Crippen molar-refractivity contribution in [1.82, 2.24) is 5.32 Å². The molecule has 2 saturated carbocycles. The Morgan fingerprint density at radius 2 is 2.08 bits per heavy atom. The Kier molecular flexibility index (Phi) is 2.66. The van der Waals surface area contributed by atoms with Crippen LogP contribution in [0.4, 0.5) is 0 Å². The summed E-state index contributed by atoms with van der Waals surface area (Å²) in [4.78, 5) is 0. The zero-order chi connectivity index (χ0) is 8.39. The van der Waals surface area contributed by atoms with Gasteiger partial charge in [0.15, 0.2) is 0 Å². The van der Waals surface area contributed by atoms with Gasteiger partial charge in [-0.05, 0) is 37.1 Å². The molecule has 0 aromatic heterocycles. The predicted octanol–water partition coefficient (Wildman–Crippen LogP) is 1.27. The molecule has 2 nitrogen and oxygen atoms in total. The molecule has 2 heteroatoms. The van der Waals surface area contributed by atoms with Gasteiger partial charge in [0.2, 0.25) is 0 Å². The molecule has 0 heterocycles. The Hall–Kier alpha value is -0.0800. The van der Waals surface area contributed by atoms with Crippen molar-refractivity contribution in [2.75, 3.05) is 26.8 Å². The van der Waals surface area contributed by atoms with E-state index in [9.17, 15) is 0 Å². The maximum absolute atomic E-state index is 4.98. The van der Waals surface area contributed by atoms with E-state index in [0.29, 0.717) is 0 Å². The van der Waals surface area contributed by atoms with Crippen LogP contribution in [0.2, 0.25) is 0 Å². The highest BCUT2D eigenvalue weighted by molar-refractivity contribution is 5.01. The molecule has 0 amide bonds. The van der Waals surface area contributed by atoms with E-state index in [1.165, 1.54) is 25.8 Å². The Balaban J connectivity index is 1.52. The highest BCUT2D eigenvalue weighted by Crippen LogP contribution is 2.56. The van der Waals surface area contributed by atoms with Gasteiger partial charge in [-0.25, -0.2) is 0 Å². The first-order valence-electron chi connectivity index (χ1n) is 5.13. The Morgan fingerprint density at radius 3 is 2.75 bits per heavy atom. The molecule has 2 aliphatic carbocycles. The molecular weight excluding hydrogens is 150 g/mol. The molecule has 0 aromatic carbocycles. The van der Waals surface area contributed by atoms with Crippen molar-refractivity contribution in [3.63, 3.8) is 0 Å². The van der Waals surface area contributed by atoms with Gasteiger partial charge < -0.3 is 10.1 Å². The molecule has 0 bridgehead atoms. The quantitative estimate of drug-likeness (QED) is 0.626. The summed E-state index contributed by atoms with van der Waals surface area (Å²) < 4.78 is 4.98. The van der Waals surface area contributed by atoms with E-state index in [1.54, 1.807) is 7.11 Å². The van der Waals surface area contributed by atoms with E-state index in [0.717, 1.165) is 30.9 Å². The summed E-state index contributed by atoms with van der Waals surface area (Å²) in [5.74, 6) is 3.22. The topological polar surface area (TPSA) is 21.3 Å². The second-order valence-corrected chi connectivity index (χ2v) is 4.12. The second-order valence-electron chi connectivity index (χ2n) is 4.12. The third-order valence-electron chi connectivity index (χ3n) is 3.45. The second kappa shape index (κ2) is 3.75. The summed E-state index contributed by atoms with van der Waals surface area (Å²) in [6.07, 6.45) is 4.49. The minimum absolute atomic E-state index is 0.849. The van der Waals surface area contributed by atoms with Crippen LogP contribution in [0, 0.1) is 17.8 Å². The molecule has 0 aromatic rings. The van der Waals surface area contributed by atoms with Crippen molar-refractivity contribution in [3.05, 3.63) is 0 Å². The lowest BCUT2D eigenvalue weighted by atomic mass is 10.1. The minimum Gasteiger partial charge on any atom is -0.383 e. The van der Waals surface area contributed by atoms with Crippen LogP contribution in [0.25, 0.3) is 0 Å². The van der Waals surface area contributed by atoms with E-state index >= 15 is 0 Å². The van der Waals surface area contributed by atoms with Gasteiger partial charge in [-0.3, -0.25) is 0 Å². The molecule has 2 aliphatic rings. The van der Waals surface area contributed by atoms with Crippen LogP contribution in [0.3, 0.4) is 0 Å². The van der Waals surface area contributed by atoms with Gasteiger partial charge in [0.05, 0.1) is 6.61 Å². The number of methoxy groups -OCH3 is 1. The monoisotopic (exact) mass is 169 g/mol. The Morgan fingerprint density at radius 1 is 1.33 bits per heavy atom. The largest absolute Gasteiger partial charge is 0.383 e. The number of ether oxygens (including phenoxy) is 1. The van der Waals surface area contributed by atoms with E-state index in [-0.39, 0.29) is 0 Å². The molecule has 0 saturated heterocycles. The smallest absolute Gasteiger partial charge is 0.0587 e. The van der Waals surface area contributed by atoms with Gasteiger partial charge in [-0.2, -0.15) is 0 Å². The molecule has 2 fully saturated rings. The first-order valence-corrected chi connectivity index (χ1v) is 5.13. The van der Waals surface area contributed by atoms with Crippen molar-refractivity contribution < 1.29 is 4.74 Å². The van der Waals surface area contributed by atoms with Crippen LogP contribution in [0.1, 0.15) is 19.3 Å².